The van der Waals surface area contributed by atoms with Crippen molar-refractivity contribution in [2.75, 3.05) is 6.61 Å². The molecule has 0 radical (unpaired) electrons. The summed E-state index contributed by atoms with van der Waals surface area (Å²) in [6.45, 7) is 4.36. The molecule has 0 amide bonds. The molecule has 3 nitrogen and oxygen atoms in total. The summed E-state index contributed by atoms with van der Waals surface area (Å²) in [4.78, 5) is 4.64. The third-order valence-electron chi connectivity index (χ3n) is 3.53. The van der Waals surface area contributed by atoms with E-state index in [9.17, 15) is 0 Å². The van der Waals surface area contributed by atoms with E-state index in [0.29, 0.717) is 6.42 Å². The average Bonchev–Trinajstić information content (AvgIpc) is 2.61. The van der Waals surface area contributed by atoms with Gasteiger partial charge in [0.1, 0.15) is 5.82 Å². The van der Waals surface area contributed by atoms with E-state index < -0.39 is 0 Å². The predicted octanol–water partition coefficient (Wildman–Crippen LogP) is 2.16. The quantitative estimate of drug-likeness (QED) is 0.895. The monoisotopic (exact) mass is 244 g/mol. The maximum atomic E-state index is 9.02. The highest BCUT2D eigenvalue weighted by atomic mass is 16.3. The van der Waals surface area contributed by atoms with Crippen LogP contribution in [0.1, 0.15) is 28.3 Å². The fourth-order valence-corrected chi connectivity index (χ4v) is 2.18. The first kappa shape index (κ1) is 12.8. The molecule has 0 fully saturated rings. The number of aliphatic hydroxyl groups excluding tert-OH is 1. The van der Waals surface area contributed by atoms with Crippen LogP contribution in [0, 0.1) is 13.8 Å². The van der Waals surface area contributed by atoms with E-state index in [1.165, 1.54) is 16.8 Å². The Hall–Kier alpha value is -1.61. The lowest BCUT2D eigenvalue weighted by Crippen LogP contribution is -2.01. The first-order valence-electron chi connectivity index (χ1n) is 6.30. The smallest absolute Gasteiger partial charge is 0.111 e. The lowest BCUT2D eigenvalue weighted by molar-refractivity contribution is 0.295. The second-order valence-electron chi connectivity index (χ2n) is 4.70. The number of nitrogens with zero attached hydrogens (tertiary/aromatic N) is 2. The minimum atomic E-state index is 0.147. The molecular formula is C15H20N2O. The molecule has 1 N–H and O–H groups in total. The second-order valence-corrected chi connectivity index (χ2v) is 4.70. The van der Waals surface area contributed by atoms with E-state index in [0.717, 1.165) is 17.9 Å². The molecule has 2 rings (SSSR count). The molecule has 0 saturated carbocycles. The molecule has 1 heterocycles. The summed E-state index contributed by atoms with van der Waals surface area (Å²) in [5.41, 5.74) is 4.90. The van der Waals surface area contributed by atoms with Gasteiger partial charge < -0.3 is 9.67 Å². The fraction of sp³-hybridized carbons (Fsp3) is 0.400. The molecule has 0 atom stereocenters. The van der Waals surface area contributed by atoms with Gasteiger partial charge in [0.2, 0.25) is 0 Å². The van der Waals surface area contributed by atoms with Gasteiger partial charge in [0.05, 0.1) is 12.3 Å². The van der Waals surface area contributed by atoms with Crippen LogP contribution in [0.15, 0.2) is 24.3 Å². The Kier molecular flexibility index (Phi) is 3.82. The molecule has 0 unspecified atom stereocenters. The molecule has 2 aromatic rings. The first-order chi connectivity index (χ1) is 8.63. The number of aliphatic hydroxyl groups is 1. The van der Waals surface area contributed by atoms with Gasteiger partial charge in [-0.3, -0.25) is 0 Å². The Morgan fingerprint density at radius 1 is 1.22 bits per heavy atom. The Morgan fingerprint density at radius 2 is 1.94 bits per heavy atom. The molecule has 18 heavy (non-hydrogen) atoms. The Bertz CT molecular complexity index is 543. The zero-order chi connectivity index (χ0) is 13.1. The van der Waals surface area contributed by atoms with Crippen molar-refractivity contribution in [2.24, 2.45) is 7.05 Å². The Morgan fingerprint density at radius 3 is 2.61 bits per heavy atom. The number of hydrogen-bond donors (Lipinski definition) is 1. The van der Waals surface area contributed by atoms with E-state index in [1.54, 1.807) is 0 Å². The summed E-state index contributed by atoms with van der Waals surface area (Å²) >= 11 is 0. The van der Waals surface area contributed by atoms with Gasteiger partial charge in [0, 0.05) is 25.6 Å². The predicted molar refractivity (Wildman–Crippen MR) is 72.7 cm³/mol. The first-order valence-corrected chi connectivity index (χ1v) is 6.30. The number of aryl methyl sites for hydroxylation is 1. The summed E-state index contributed by atoms with van der Waals surface area (Å²) in [6, 6.07) is 8.40. The molecule has 0 bridgehead atoms. The van der Waals surface area contributed by atoms with Crippen LogP contribution in [-0.2, 0) is 19.9 Å². The molecular weight excluding hydrogens is 224 g/mol. The third kappa shape index (κ3) is 2.46. The Labute approximate surface area is 108 Å². The maximum absolute atomic E-state index is 9.02. The minimum Gasteiger partial charge on any atom is -0.396 e. The van der Waals surface area contributed by atoms with Gasteiger partial charge in [-0.05, 0) is 25.0 Å². The van der Waals surface area contributed by atoms with Crippen molar-refractivity contribution in [3.63, 3.8) is 0 Å². The maximum Gasteiger partial charge on any atom is 0.111 e. The number of aromatic nitrogens is 2. The van der Waals surface area contributed by atoms with E-state index in [1.807, 2.05) is 7.05 Å². The standard InChI is InChI=1S/C15H20N2O/c1-11-6-4-5-7-13(11)10-14-12(2)17(3)15(16-14)8-9-18/h4-7,18H,8-10H2,1-3H3. The highest BCUT2D eigenvalue weighted by Crippen LogP contribution is 2.17. The lowest BCUT2D eigenvalue weighted by Gasteiger charge is -2.04. The van der Waals surface area contributed by atoms with Gasteiger partial charge in [-0.25, -0.2) is 4.98 Å². The molecule has 0 spiro atoms. The zero-order valence-electron chi connectivity index (χ0n) is 11.3. The van der Waals surface area contributed by atoms with Crippen LogP contribution in [-0.4, -0.2) is 21.3 Å². The van der Waals surface area contributed by atoms with Crippen molar-refractivity contribution in [3.8, 4) is 0 Å². The van der Waals surface area contributed by atoms with Crippen LogP contribution in [0.4, 0.5) is 0 Å². The molecule has 1 aromatic heterocycles. The van der Waals surface area contributed by atoms with Gasteiger partial charge in [0.15, 0.2) is 0 Å². The van der Waals surface area contributed by atoms with Gasteiger partial charge in [-0.2, -0.15) is 0 Å². The number of rotatable bonds is 4. The van der Waals surface area contributed by atoms with Gasteiger partial charge in [-0.15, -0.1) is 0 Å². The number of hydrogen-bond acceptors (Lipinski definition) is 2. The lowest BCUT2D eigenvalue weighted by atomic mass is 10.0. The van der Waals surface area contributed by atoms with Crippen molar-refractivity contribution in [3.05, 3.63) is 52.6 Å². The van der Waals surface area contributed by atoms with Crippen molar-refractivity contribution in [1.82, 2.24) is 9.55 Å². The van der Waals surface area contributed by atoms with Crippen molar-refractivity contribution < 1.29 is 5.11 Å². The van der Waals surface area contributed by atoms with Gasteiger partial charge >= 0.3 is 0 Å². The van der Waals surface area contributed by atoms with Crippen molar-refractivity contribution in [2.45, 2.75) is 26.7 Å². The molecule has 0 aliphatic heterocycles. The van der Waals surface area contributed by atoms with Gasteiger partial charge in [-0.1, -0.05) is 24.3 Å². The second kappa shape index (κ2) is 5.36. The van der Waals surface area contributed by atoms with Crippen molar-refractivity contribution in [1.29, 1.82) is 0 Å². The molecule has 1 aromatic carbocycles. The van der Waals surface area contributed by atoms with Crippen LogP contribution in [0.3, 0.4) is 0 Å². The molecule has 96 valence electrons. The minimum absolute atomic E-state index is 0.147. The van der Waals surface area contributed by atoms with Crippen LogP contribution < -0.4 is 0 Å². The summed E-state index contributed by atoms with van der Waals surface area (Å²) in [5.74, 6) is 0.957. The highest BCUT2D eigenvalue weighted by Gasteiger charge is 2.11. The largest absolute Gasteiger partial charge is 0.396 e. The summed E-state index contributed by atoms with van der Waals surface area (Å²) in [5, 5.41) is 9.02. The zero-order valence-corrected chi connectivity index (χ0v) is 11.3. The van der Waals surface area contributed by atoms with Gasteiger partial charge in [0.25, 0.3) is 0 Å². The van der Waals surface area contributed by atoms with E-state index >= 15 is 0 Å². The topological polar surface area (TPSA) is 38.1 Å². The van der Waals surface area contributed by atoms with E-state index in [-0.39, 0.29) is 6.61 Å². The normalized spacial score (nSPS) is 10.9. The Balaban J connectivity index is 2.30. The van der Waals surface area contributed by atoms with E-state index in [4.69, 9.17) is 5.11 Å². The molecule has 0 saturated heterocycles. The number of imidazole rings is 1. The SMILES string of the molecule is Cc1ccccc1Cc1nc(CCO)n(C)c1C. The molecule has 0 aliphatic rings. The average molecular weight is 244 g/mol. The van der Waals surface area contributed by atoms with Crippen LogP contribution in [0.2, 0.25) is 0 Å². The number of benzene rings is 1. The van der Waals surface area contributed by atoms with E-state index in [2.05, 4.69) is 47.7 Å². The van der Waals surface area contributed by atoms with Crippen LogP contribution >= 0.6 is 0 Å². The summed E-state index contributed by atoms with van der Waals surface area (Å²) < 4.78 is 2.07. The van der Waals surface area contributed by atoms with Crippen LogP contribution in [0.5, 0.6) is 0 Å². The van der Waals surface area contributed by atoms with Crippen molar-refractivity contribution >= 4 is 0 Å². The fourth-order valence-electron chi connectivity index (χ4n) is 2.18. The third-order valence-corrected chi connectivity index (χ3v) is 3.53. The summed E-state index contributed by atoms with van der Waals surface area (Å²) in [7, 11) is 2.01. The van der Waals surface area contributed by atoms with Crippen LogP contribution in [0.25, 0.3) is 0 Å². The molecule has 0 aliphatic carbocycles. The highest BCUT2D eigenvalue weighted by molar-refractivity contribution is 5.31. The molecule has 3 heteroatoms. The summed E-state index contributed by atoms with van der Waals surface area (Å²) in [6.07, 6.45) is 1.48.